The Morgan fingerprint density at radius 1 is 0.680 bits per heavy atom. The first-order valence-electron chi connectivity index (χ1n) is 8.76. The minimum Gasteiger partial charge on any atom is -0.330 e. The van der Waals surface area contributed by atoms with Crippen molar-refractivity contribution in [1.29, 1.82) is 0 Å². The molecule has 2 atom stereocenters. The highest BCUT2D eigenvalue weighted by atomic mass is 16.2. The lowest BCUT2D eigenvalue weighted by Gasteiger charge is -2.48. The van der Waals surface area contributed by atoms with Crippen LogP contribution in [0.15, 0.2) is 91.0 Å². The number of carbonyl (C=O) groups excluding carboxylic acids is 1. The molecule has 1 unspecified atom stereocenters. The molecule has 1 aliphatic rings. The normalized spacial score (nSPS) is 19.5. The third kappa shape index (κ3) is 3.20. The van der Waals surface area contributed by atoms with Gasteiger partial charge < -0.3 is 4.90 Å². The zero-order valence-electron chi connectivity index (χ0n) is 14.1. The zero-order chi connectivity index (χ0) is 17.1. The molecule has 0 spiro atoms. The first-order chi connectivity index (χ1) is 12.3. The molecule has 124 valence electrons. The van der Waals surface area contributed by atoms with Gasteiger partial charge in [0.2, 0.25) is 5.91 Å². The van der Waals surface area contributed by atoms with E-state index in [9.17, 15) is 4.79 Å². The summed E-state index contributed by atoms with van der Waals surface area (Å²) >= 11 is 0. The highest BCUT2D eigenvalue weighted by Gasteiger charge is 2.47. The summed E-state index contributed by atoms with van der Waals surface area (Å²) in [6.07, 6.45) is 0.796. The Bertz CT molecular complexity index is 778. The number of β-lactam (4-membered cyclic amide) rings is 1. The number of carbonyl (C=O) groups is 1. The molecule has 1 aliphatic heterocycles. The second-order valence-electron chi connectivity index (χ2n) is 6.60. The van der Waals surface area contributed by atoms with Gasteiger partial charge in [-0.2, -0.15) is 0 Å². The monoisotopic (exact) mass is 327 g/mol. The summed E-state index contributed by atoms with van der Waals surface area (Å²) in [4.78, 5) is 14.9. The van der Waals surface area contributed by atoms with Crippen molar-refractivity contribution in [2.75, 3.05) is 0 Å². The van der Waals surface area contributed by atoms with Crippen LogP contribution in [0.5, 0.6) is 0 Å². The number of amides is 1. The predicted molar refractivity (Wildman–Crippen MR) is 99.8 cm³/mol. The van der Waals surface area contributed by atoms with Crippen LogP contribution in [0.25, 0.3) is 0 Å². The molecular formula is C23H21NO. The molecule has 3 aromatic carbocycles. The Morgan fingerprint density at radius 2 is 1.20 bits per heavy atom. The van der Waals surface area contributed by atoms with Gasteiger partial charge in [0.15, 0.2) is 0 Å². The van der Waals surface area contributed by atoms with Gasteiger partial charge in [0, 0.05) is 6.54 Å². The molecule has 0 bridgehead atoms. The van der Waals surface area contributed by atoms with Crippen molar-refractivity contribution in [3.8, 4) is 0 Å². The van der Waals surface area contributed by atoms with E-state index in [-0.39, 0.29) is 17.9 Å². The molecule has 0 radical (unpaired) electrons. The van der Waals surface area contributed by atoms with E-state index in [1.54, 1.807) is 0 Å². The number of hydrogen-bond acceptors (Lipinski definition) is 1. The van der Waals surface area contributed by atoms with Crippen molar-refractivity contribution in [1.82, 2.24) is 4.90 Å². The highest BCUT2D eigenvalue weighted by molar-refractivity contribution is 5.87. The molecule has 1 amide bonds. The molecule has 2 nitrogen and oxygen atoms in total. The summed E-state index contributed by atoms with van der Waals surface area (Å²) in [7, 11) is 0. The topological polar surface area (TPSA) is 20.3 Å². The van der Waals surface area contributed by atoms with Gasteiger partial charge in [-0.25, -0.2) is 0 Å². The number of hydrogen-bond donors (Lipinski definition) is 0. The van der Waals surface area contributed by atoms with Gasteiger partial charge in [0.05, 0.1) is 12.0 Å². The second kappa shape index (κ2) is 6.94. The first kappa shape index (κ1) is 15.6. The van der Waals surface area contributed by atoms with E-state index in [1.165, 1.54) is 16.7 Å². The molecule has 1 fully saturated rings. The third-order valence-electron chi connectivity index (χ3n) is 4.95. The lowest BCUT2D eigenvalue weighted by Crippen LogP contribution is -2.55. The van der Waals surface area contributed by atoms with E-state index >= 15 is 0 Å². The molecule has 1 saturated heterocycles. The van der Waals surface area contributed by atoms with E-state index < -0.39 is 0 Å². The van der Waals surface area contributed by atoms with Crippen LogP contribution in [0.2, 0.25) is 0 Å². The maximum absolute atomic E-state index is 12.9. The van der Waals surface area contributed by atoms with E-state index in [1.807, 2.05) is 47.4 Å². The summed E-state index contributed by atoms with van der Waals surface area (Å²) in [5.74, 6) is 0.273. The molecule has 25 heavy (non-hydrogen) atoms. The van der Waals surface area contributed by atoms with Crippen LogP contribution >= 0.6 is 0 Å². The van der Waals surface area contributed by atoms with Gasteiger partial charge in [0.1, 0.15) is 0 Å². The van der Waals surface area contributed by atoms with Crippen molar-refractivity contribution < 1.29 is 4.79 Å². The lowest BCUT2D eigenvalue weighted by molar-refractivity contribution is -0.158. The number of nitrogens with zero attached hydrogens (tertiary/aromatic N) is 1. The Hall–Kier alpha value is -2.87. The zero-order valence-corrected chi connectivity index (χ0v) is 14.1. The van der Waals surface area contributed by atoms with Crippen molar-refractivity contribution in [3.63, 3.8) is 0 Å². The van der Waals surface area contributed by atoms with E-state index in [0.29, 0.717) is 6.54 Å². The Morgan fingerprint density at radius 3 is 1.80 bits per heavy atom. The fourth-order valence-electron chi connectivity index (χ4n) is 3.71. The summed E-state index contributed by atoms with van der Waals surface area (Å²) < 4.78 is 0. The number of likely N-dealkylation sites (tertiary alicyclic amines) is 1. The van der Waals surface area contributed by atoms with Gasteiger partial charge in [0.25, 0.3) is 0 Å². The van der Waals surface area contributed by atoms with E-state index in [2.05, 4.69) is 48.5 Å². The Labute approximate surface area is 148 Å². The average molecular weight is 327 g/mol. The van der Waals surface area contributed by atoms with Crippen LogP contribution < -0.4 is 0 Å². The molecule has 4 rings (SSSR count). The fourth-order valence-corrected chi connectivity index (χ4v) is 3.71. The summed E-state index contributed by atoms with van der Waals surface area (Å²) in [6, 6.07) is 31.1. The maximum atomic E-state index is 12.9. The minimum absolute atomic E-state index is 0.0218. The lowest BCUT2D eigenvalue weighted by atomic mass is 9.78. The molecule has 1 heterocycles. The first-order valence-corrected chi connectivity index (χ1v) is 8.76. The smallest absolute Gasteiger partial charge is 0.229 e. The van der Waals surface area contributed by atoms with Crippen LogP contribution in [-0.4, -0.2) is 10.8 Å². The third-order valence-corrected chi connectivity index (χ3v) is 4.95. The fraction of sp³-hybridized carbons (Fsp3) is 0.174. The standard InChI is InChI=1S/C23H21NO/c25-23-21(16-18-10-4-1-5-11-18)22(20-14-8-3-9-15-20)24(23)17-19-12-6-2-7-13-19/h1-15,21-22H,16-17H2/t21?,22-/m1/s1. The number of benzene rings is 3. The Kier molecular flexibility index (Phi) is 4.34. The van der Waals surface area contributed by atoms with Crippen LogP contribution in [0.1, 0.15) is 22.7 Å². The van der Waals surface area contributed by atoms with Gasteiger partial charge in [-0.15, -0.1) is 0 Å². The van der Waals surface area contributed by atoms with Gasteiger partial charge in [-0.1, -0.05) is 91.0 Å². The molecule has 0 aliphatic carbocycles. The van der Waals surface area contributed by atoms with Crippen LogP contribution in [-0.2, 0) is 17.8 Å². The quantitative estimate of drug-likeness (QED) is 0.626. The van der Waals surface area contributed by atoms with Crippen molar-refractivity contribution >= 4 is 5.91 Å². The van der Waals surface area contributed by atoms with Gasteiger partial charge in [-0.05, 0) is 23.1 Å². The molecular weight excluding hydrogens is 306 g/mol. The number of rotatable bonds is 5. The van der Waals surface area contributed by atoms with Gasteiger partial charge in [-0.3, -0.25) is 4.79 Å². The van der Waals surface area contributed by atoms with E-state index in [4.69, 9.17) is 0 Å². The molecule has 0 N–H and O–H groups in total. The molecule has 0 saturated carbocycles. The van der Waals surface area contributed by atoms with Gasteiger partial charge >= 0.3 is 0 Å². The SMILES string of the molecule is O=C1C(Cc2ccccc2)[C@@H](c2ccccc2)N1Cc1ccccc1. The average Bonchev–Trinajstić information content (AvgIpc) is 2.69. The second-order valence-corrected chi connectivity index (χ2v) is 6.60. The maximum Gasteiger partial charge on any atom is 0.229 e. The predicted octanol–water partition coefficient (Wildman–Crippen LogP) is 4.63. The molecule has 0 aromatic heterocycles. The summed E-state index contributed by atoms with van der Waals surface area (Å²) in [6.45, 7) is 0.671. The Balaban J connectivity index is 1.60. The van der Waals surface area contributed by atoms with Crippen molar-refractivity contribution in [2.45, 2.75) is 19.0 Å². The van der Waals surface area contributed by atoms with Crippen LogP contribution in [0, 0.1) is 5.92 Å². The summed E-state index contributed by atoms with van der Waals surface area (Å²) in [5, 5.41) is 0. The van der Waals surface area contributed by atoms with Crippen LogP contribution in [0.4, 0.5) is 0 Å². The van der Waals surface area contributed by atoms with E-state index in [0.717, 1.165) is 6.42 Å². The van der Waals surface area contributed by atoms with Crippen molar-refractivity contribution in [2.24, 2.45) is 5.92 Å². The van der Waals surface area contributed by atoms with Crippen LogP contribution in [0.3, 0.4) is 0 Å². The molecule has 3 aromatic rings. The molecule has 2 heteroatoms. The minimum atomic E-state index is 0.0218. The summed E-state index contributed by atoms with van der Waals surface area (Å²) in [5.41, 5.74) is 3.62. The van der Waals surface area contributed by atoms with Crippen molar-refractivity contribution in [3.05, 3.63) is 108 Å². The largest absolute Gasteiger partial charge is 0.330 e. The highest BCUT2D eigenvalue weighted by Crippen LogP contribution is 2.42.